The SMILES string of the molecule is COc1ccc(Cn2c(CCc3cnccc3N)cc(=O)n(Cc3ccc(OC)cc3)c2=O)cc1. The lowest BCUT2D eigenvalue weighted by Crippen LogP contribution is -2.41. The first-order chi connectivity index (χ1) is 17.0. The molecule has 0 bridgehead atoms. The fraction of sp³-hybridized carbons (Fsp3) is 0.222. The number of rotatable bonds is 9. The number of benzene rings is 2. The molecule has 0 aliphatic heterocycles. The zero-order chi connectivity index (χ0) is 24.8. The van der Waals surface area contributed by atoms with Crippen molar-refractivity contribution >= 4 is 5.69 Å². The van der Waals surface area contributed by atoms with Crippen molar-refractivity contribution in [1.82, 2.24) is 14.1 Å². The molecule has 0 saturated carbocycles. The zero-order valence-electron chi connectivity index (χ0n) is 19.8. The van der Waals surface area contributed by atoms with Crippen LogP contribution < -0.4 is 26.5 Å². The molecule has 4 aromatic rings. The van der Waals surface area contributed by atoms with Crippen LogP contribution in [0.3, 0.4) is 0 Å². The molecule has 180 valence electrons. The zero-order valence-corrected chi connectivity index (χ0v) is 19.8. The van der Waals surface area contributed by atoms with Gasteiger partial charge in [0.05, 0.1) is 27.3 Å². The highest BCUT2D eigenvalue weighted by atomic mass is 16.5. The molecule has 0 radical (unpaired) electrons. The van der Waals surface area contributed by atoms with E-state index < -0.39 is 0 Å². The van der Waals surface area contributed by atoms with Gasteiger partial charge in [0.25, 0.3) is 5.56 Å². The fourth-order valence-electron chi connectivity index (χ4n) is 3.92. The molecule has 2 N–H and O–H groups in total. The molecule has 2 heterocycles. The van der Waals surface area contributed by atoms with Gasteiger partial charge in [-0.3, -0.25) is 18.9 Å². The Hall–Kier alpha value is -4.33. The number of aromatic nitrogens is 3. The first kappa shape index (κ1) is 23.8. The van der Waals surface area contributed by atoms with Gasteiger partial charge in [-0.15, -0.1) is 0 Å². The van der Waals surface area contributed by atoms with Crippen LogP contribution in [0.4, 0.5) is 5.69 Å². The van der Waals surface area contributed by atoms with Gasteiger partial charge in [-0.1, -0.05) is 24.3 Å². The predicted molar refractivity (Wildman–Crippen MR) is 135 cm³/mol. The number of aryl methyl sites for hydroxylation is 2. The van der Waals surface area contributed by atoms with Crippen LogP contribution in [-0.4, -0.2) is 28.3 Å². The fourth-order valence-corrected chi connectivity index (χ4v) is 3.92. The monoisotopic (exact) mass is 472 g/mol. The summed E-state index contributed by atoms with van der Waals surface area (Å²) >= 11 is 0. The number of pyridine rings is 1. The smallest absolute Gasteiger partial charge is 0.331 e. The topological polar surface area (TPSA) is 101 Å². The van der Waals surface area contributed by atoms with Crippen LogP contribution in [0.25, 0.3) is 0 Å². The lowest BCUT2D eigenvalue weighted by atomic mass is 10.1. The standard InChI is InChI=1S/C27H28N4O4/c1-34-23-9-3-19(4-10-23)17-30-22(8-7-21-16-29-14-13-25(21)28)15-26(32)31(27(30)33)18-20-5-11-24(35-2)12-6-20/h3-6,9-16H,7-8,17-18H2,1-2H3,(H2,28,29). The average molecular weight is 473 g/mol. The lowest BCUT2D eigenvalue weighted by Gasteiger charge is -2.16. The highest BCUT2D eigenvalue weighted by Crippen LogP contribution is 2.15. The Labute approximate surface area is 203 Å². The van der Waals surface area contributed by atoms with Crippen LogP contribution in [0.15, 0.2) is 82.6 Å². The van der Waals surface area contributed by atoms with E-state index in [2.05, 4.69) is 4.98 Å². The molecule has 2 aromatic heterocycles. The van der Waals surface area contributed by atoms with Gasteiger partial charge in [0.2, 0.25) is 0 Å². The summed E-state index contributed by atoms with van der Waals surface area (Å²) in [5, 5.41) is 0. The van der Waals surface area contributed by atoms with Gasteiger partial charge in [-0.05, 0) is 59.9 Å². The summed E-state index contributed by atoms with van der Waals surface area (Å²) in [5.74, 6) is 1.45. The molecule has 2 aromatic carbocycles. The summed E-state index contributed by atoms with van der Waals surface area (Å²) in [7, 11) is 3.20. The largest absolute Gasteiger partial charge is 0.497 e. The van der Waals surface area contributed by atoms with Gasteiger partial charge >= 0.3 is 5.69 Å². The third kappa shape index (κ3) is 5.60. The third-order valence-electron chi connectivity index (χ3n) is 5.96. The Bertz CT molecular complexity index is 1410. The second kappa shape index (κ2) is 10.7. The van der Waals surface area contributed by atoms with Gasteiger partial charge in [0.1, 0.15) is 11.5 Å². The number of anilines is 1. The molecule has 4 rings (SSSR count). The van der Waals surface area contributed by atoms with Crippen molar-refractivity contribution in [1.29, 1.82) is 0 Å². The van der Waals surface area contributed by atoms with Gasteiger partial charge in [-0.2, -0.15) is 0 Å². The summed E-state index contributed by atoms with van der Waals surface area (Å²) < 4.78 is 13.4. The van der Waals surface area contributed by atoms with Crippen molar-refractivity contribution in [3.63, 3.8) is 0 Å². The Morgan fingerprint density at radius 3 is 1.91 bits per heavy atom. The van der Waals surface area contributed by atoms with E-state index in [1.807, 2.05) is 48.5 Å². The van der Waals surface area contributed by atoms with E-state index in [0.29, 0.717) is 36.5 Å². The number of hydrogen-bond acceptors (Lipinski definition) is 6. The molecule has 0 unspecified atom stereocenters. The van der Waals surface area contributed by atoms with Gasteiger partial charge in [0.15, 0.2) is 0 Å². The highest BCUT2D eigenvalue weighted by molar-refractivity contribution is 5.44. The van der Waals surface area contributed by atoms with Crippen molar-refractivity contribution in [2.75, 3.05) is 20.0 Å². The number of ether oxygens (including phenoxy) is 2. The normalized spacial score (nSPS) is 10.8. The van der Waals surface area contributed by atoms with E-state index >= 15 is 0 Å². The number of nitrogens with zero attached hydrogens (tertiary/aromatic N) is 3. The maximum Gasteiger partial charge on any atom is 0.331 e. The molecule has 8 nitrogen and oxygen atoms in total. The van der Waals surface area contributed by atoms with E-state index in [1.165, 1.54) is 4.57 Å². The average Bonchev–Trinajstić information content (AvgIpc) is 2.88. The Morgan fingerprint density at radius 1 is 0.800 bits per heavy atom. The predicted octanol–water partition coefficient (Wildman–Crippen LogP) is 2.89. The van der Waals surface area contributed by atoms with Gasteiger partial charge < -0.3 is 15.2 Å². The minimum absolute atomic E-state index is 0.167. The van der Waals surface area contributed by atoms with Gasteiger partial charge in [0, 0.05) is 29.8 Å². The summed E-state index contributed by atoms with van der Waals surface area (Å²) in [6.45, 7) is 0.490. The second-order valence-electron chi connectivity index (χ2n) is 8.20. The maximum atomic E-state index is 13.6. The van der Waals surface area contributed by atoms with E-state index in [4.69, 9.17) is 15.2 Å². The summed E-state index contributed by atoms with van der Waals surface area (Å²) in [6, 6.07) is 18.1. The minimum atomic E-state index is -0.363. The number of hydrogen-bond donors (Lipinski definition) is 1. The van der Waals surface area contributed by atoms with Crippen LogP contribution in [0, 0.1) is 0 Å². The van der Waals surface area contributed by atoms with Crippen LogP contribution in [0.5, 0.6) is 11.5 Å². The summed E-state index contributed by atoms with van der Waals surface area (Å²) in [6.07, 6.45) is 4.38. The van der Waals surface area contributed by atoms with Crippen molar-refractivity contribution in [2.24, 2.45) is 0 Å². The van der Waals surface area contributed by atoms with Crippen molar-refractivity contribution in [3.05, 3.63) is 116 Å². The molecule has 35 heavy (non-hydrogen) atoms. The molecule has 0 spiro atoms. The lowest BCUT2D eigenvalue weighted by molar-refractivity contribution is 0.414. The van der Waals surface area contributed by atoms with Gasteiger partial charge in [-0.25, -0.2) is 4.79 Å². The quantitative estimate of drug-likeness (QED) is 0.402. The number of methoxy groups -OCH3 is 2. The number of nitrogens with two attached hydrogens (primary N) is 1. The minimum Gasteiger partial charge on any atom is -0.497 e. The highest BCUT2D eigenvalue weighted by Gasteiger charge is 2.14. The van der Waals surface area contributed by atoms with E-state index in [9.17, 15) is 9.59 Å². The second-order valence-corrected chi connectivity index (χ2v) is 8.20. The molecule has 0 atom stereocenters. The molecule has 0 aliphatic carbocycles. The molecular weight excluding hydrogens is 444 g/mol. The van der Waals surface area contributed by atoms with Crippen molar-refractivity contribution < 1.29 is 9.47 Å². The van der Waals surface area contributed by atoms with E-state index in [1.54, 1.807) is 43.3 Å². The first-order valence-corrected chi connectivity index (χ1v) is 11.3. The third-order valence-corrected chi connectivity index (χ3v) is 5.96. The maximum absolute atomic E-state index is 13.6. The van der Waals surface area contributed by atoms with Crippen LogP contribution in [0.2, 0.25) is 0 Å². The molecule has 0 aliphatic rings. The Morgan fingerprint density at radius 2 is 1.37 bits per heavy atom. The molecule has 0 fully saturated rings. The summed E-state index contributed by atoms with van der Waals surface area (Å²) in [5.41, 5.74) is 9.27. The Balaban J connectivity index is 1.71. The summed E-state index contributed by atoms with van der Waals surface area (Å²) in [4.78, 5) is 30.7. The van der Waals surface area contributed by atoms with E-state index in [-0.39, 0.29) is 17.8 Å². The number of nitrogen functional groups attached to an aromatic ring is 1. The van der Waals surface area contributed by atoms with E-state index in [0.717, 1.165) is 22.4 Å². The van der Waals surface area contributed by atoms with Crippen LogP contribution in [-0.2, 0) is 25.9 Å². The van der Waals surface area contributed by atoms with Crippen molar-refractivity contribution in [3.8, 4) is 11.5 Å². The molecular formula is C27H28N4O4. The molecule has 0 amide bonds. The first-order valence-electron chi connectivity index (χ1n) is 11.3. The van der Waals surface area contributed by atoms with Crippen LogP contribution >= 0.6 is 0 Å². The molecule has 8 heteroatoms. The van der Waals surface area contributed by atoms with Crippen molar-refractivity contribution in [2.45, 2.75) is 25.9 Å². The molecule has 0 saturated heterocycles. The Kier molecular flexibility index (Phi) is 7.30. The van der Waals surface area contributed by atoms with Crippen LogP contribution in [0.1, 0.15) is 22.4 Å².